The van der Waals surface area contributed by atoms with Gasteiger partial charge in [0.25, 0.3) is 0 Å². The van der Waals surface area contributed by atoms with Crippen LogP contribution in [0.4, 0.5) is 0 Å². The second-order valence-electron chi connectivity index (χ2n) is 3.19. The summed E-state index contributed by atoms with van der Waals surface area (Å²) in [6.45, 7) is 5.55. The largest absolute Gasteiger partial charge is 0.388 e. The summed E-state index contributed by atoms with van der Waals surface area (Å²) >= 11 is 3.36. The Morgan fingerprint density at radius 3 is 2.46 bits per heavy atom. The van der Waals surface area contributed by atoms with Gasteiger partial charge in [0.15, 0.2) is 0 Å². The Kier molecular flexibility index (Phi) is 3.70. The first-order chi connectivity index (χ1) is 6.09. The van der Waals surface area contributed by atoms with Gasteiger partial charge in [-0.1, -0.05) is 40.2 Å². The Labute approximate surface area is 87.2 Å². The highest BCUT2D eigenvalue weighted by atomic mass is 79.9. The minimum atomic E-state index is -0.429. The highest BCUT2D eigenvalue weighted by molar-refractivity contribution is 9.10. The third kappa shape index (κ3) is 3.33. The minimum Gasteiger partial charge on any atom is -0.388 e. The third-order valence-corrected chi connectivity index (χ3v) is 2.44. The normalized spacial score (nSPS) is 12.5. The lowest BCUT2D eigenvalue weighted by Gasteiger charge is -2.09. The maximum Gasteiger partial charge on any atom is 0.0785 e. The number of hydrogen-bond donors (Lipinski definition) is 1. The van der Waals surface area contributed by atoms with Crippen molar-refractivity contribution in [2.45, 2.75) is 19.4 Å². The van der Waals surface area contributed by atoms with Crippen molar-refractivity contribution >= 4 is 15.9 Å². The zero-order chi connectivity index (χ0) is 9.84. The summed E-state index contributed by atoms with van der Waals surface area (Å²) in [5.74, 6) is 0. The molecule has 13 heavy (non-hydrogen) atoms. The van der Waals surface area contributed by atoms with Gasteiger partial charge < -0.3 is 5.11 Å². The molecule has 2 heteroatoms. The molecule has 0 amide bonds. The van der Waals surface area contributed by atoms with Gasteiger partial charge in [0.2, 0.25) is 0 Å². The third-order valence-electron chi connectivity index (χ3n) is 1.91. The zero-order valence-corrected chi connectivity index (χ0v) is 9.21. The number of hydrogen-bond acceptors (Lipinski definition) is 1. The predicted octanol–water partition coefficient (Wildman–Crippen LogP) is 2.93. The van der Waals surface area contributed by atoms with Crippen molar-refractivity contribution in [1.29, 1.82) is 0 Å². The van der Waals surface area contributed by atoms with E-state index in [1.807, 2.05) is 31.2 Å². The summed E-state index contributed by atoms with van der Waals surface area (Å²) in [5.41, 5.74) is 1.93. The van der Waals surface area contributed by atoms with Crippen LogP contribution in [0.15, 0.2) is 40.9 Å². The molecule has 0 aliphatic heterocycles. The summed E-state index contributed by atoms with van der Waals surface area (Å²) < 4.78 is 1.06. The van der Waals surface area contributed by atoms with Gasteiger partial charge in [0.05, 0.1) is 6.10 Å². The van der Waals surface area contributed by atoms with E-state index in [1.54, 1.807) is 0 Å². The van der Waals surface area contributed by atoms with E-state index in [0.29, 0.717) is 6.42 Å². The highest BCUT2D eigenvalue weighted by Crippen LogP contribution is 2.13. The van der Waals surface area contributed by atoms with E-state index >= 15 is 0 Å². The molecule has 1 nitrogen and oxygen atoms in total. The lowest BCUT2D eigenvalue weighted by Crippen LogP contribution is -2.10. The van der Waals surface area contributed by atoms with Crippen molar-refractivity contribution in [2.75, 3.05) is 0 Å². The molecule has 0 spiro atoms. The second kappa shape index (κ2) is 4.58. The summed E-state index contributed by atoms with van der Waals surface area (Å²) in [6, 6.07) is 7.94. The number of aliphatic hydroxyl groups excluding tert-OH is 1. The fourth-order valence-electron chi connectivity index (χ4n) is 1.02. The molecule has 0 radical (unpaired) electrons. The van der Waals surface area contributed by atoms with E-state index in [1.165, 1.54) is 0 Å². The van der Waals surface area contributed by atoms with Crippen LogP contribution < -0.4 is 0 Å². The average molecular weight is 241 g/mol. The maximum atomic E-state index is 9.54. The Morgan fingerprint density at radius 1 is 1.46 bits per heavy atom. The van der Waals surface area contributed by atoms with Gasteiger partial charge in [-0.25, -0.2) is 0 Å². The molecule has 0 saturated carbocycles. The standard InChI is InChI=1S/C11H13BrO/c1-8(2)11(13)7-9-3-5-10(12)6-4-9/h3-6,11,13H,1,7H2,2H3. The highest BCUT2D eigenvalue weighted by Gasteiger charge is 2.04. The molecule has 1 aromatic rings. The van der Waals surface area contributed by atoms with E-state index < -0.39 is 6.10 Å². The lowest BCUT2D eigenvalue weighted by atomic mass is 10.0. The monoisotopic (exact) mass is 240 g/mol. The number of aliphatic hydroxyl groups is 1. The molecule has 1 rings (SSSR count). The van der Waals surface area contributed by atoms with Crippen LogP contribution in [0.2, 0.25) is 0 Å². The Balaban J connectivity index is 2.64. The van der Waals surface area contributed by atoms with Crippen LogP contribution in [0.5, 0.6) is 0 Å². The van der Waals surface area contributed by atoms with Crippen LogP contribution in [-0.2, 0) is 6.42 Å². The first-order valence-corrected chi connectivity index (χ1v) is 4.97. The van der Waals surface area contributed by atoms with Gasteiger partial charge >= 0.3 is 0 Å². The molecule has 1 N–H and O–H groups in total. The van der Waals surface area contributed by atoms with Crippen molar-refractivity contribution in [3.63, 3.8) is 0 Å². The Morgan fingerprint density at radius 2 is 2.00 bits per heavy atom. The molecule has 0 heterocycles. The van der Waals surface area contributed by atoms with Gasteiger partial charge in [0.1, 0.15) is 0 Å². The summed E-state index contributed by atoms with van der Waals surface area (Å²) in [6.07, 6.45) is 0.212. The number of benzene rings is 1. The molecule has 0 aromatic heterocycles. The molecular weight excluding hydrogens is 228 g/mol. The fraction of sp³-hybridized carbons (Fsp3) is 0.273. The first-order valence-electron chi connectivity index (χ1n) is 4.17. The summed E-state index contributed by atoms with van der Waals surface area (Å²) in [4.78, 5) is 0. The Hall–Kier alpha value is -0.600. The average Bonchev–Trinajstić information content (AvgIpc) is 2.08. The summed E-state index contributed by atoms with van der Waals surface area (Å²) in [5, 5.41) is 9.54. The molecule has 0 saturated heterocycles. The van der Waals surface area contributed by atoms with Gasteiger partial charge in [-0.2, -0.15) is 0 Å². The summed E-state index contributed by atoms with van der Waals surface area (Å²) in [7, 11) is 0. The topological polar surface area (TPSA) is 20.2 Å². The SMILES string of the molecule is C=C(C)C(O)Cc1ccc(Br)cc1. The predicted molar refractivity (Wildman–Crippen MR) is 58.7 cm³/mol. The van der Waals surface area contributed by atoms with Gasteiger partial charge in [-0.15, -0.1) is 0 Å². The maximum absolute atomic E-state index is 9.54. The van der Waals surface area contributed by atoms with Crippen molar-refractivity contribution in [3.05, 3.63) is 46.5 Å². The quantitative estimate of drug-likeness (QED) is 0.806. The molecule has 0 aliphatic rings. The molecule has 1 aromatic carbocycles. The van der Waals surface area contributed by atoms with Crippen molar-refractivity contribution < 1.29 is 5.11 Å². The van der Waals surface area contributed by atoms with Crippen molar-refractivity contribution in [3.8, 4) is 0 Å². The van der Waals surface area contributed by atoms with Crippen LogP contribution in [0.3, 0.4) is 0 Å². The van der Waals surface area contributed by atoms with Crippen molar-refractivity contribution in [2.24, 2.45) is 0 Å². The number of rotatable bonds is 3. The van der Waals surface area contributed by atoms with Crippen LogP contribution in [-0.4, -0.2) is 11.2 Å². The first kappa shape index (κ1) is 10.5. The second-order valence-corrected chi connectivity index (χ2v) is 4.11. The molecule has 0 bridgehead atoms. The van der Waals surface area contributed by atoms with Crippen LogP contribution in [0.1, 0.15) is 12.5 Å². The smallest absolute Gasteiger partial charge is 0.0785 e. The van der Waals surface area contributed by atoms with Crippen LogP contribution >= 0.6 is 15.9 Å². The van der Waals surface area contributed by atoms with Crippen molar-refractivity contribution in [1.82, 2.24) is 0 Å². The molecule has 0 fully saturated rings. The minimum absolute atomic E-state index is 0.429. The van der Waals surface area contributed by atoms with Gasteiger partial charge in [-0.05, 0) is 24.6 Å². The van der Waals surface area contributed by atoms with E-state index in [0.717, 1.165) is 15.6 Å². The molecular formula is C11H13BrO. The fourth-order valence-corrected chi connectivity index (χ4v) is 1.28. The van der Waals surface area contributed by atoms with Gasteiger partial charge in [-0.3, -0.25) is 0 Å². The molecule has 1 unspecified atom stereocenters. The Bertz CT molecular complexity index is 289. The van der Waals surface area contributed by atoms with E-state index in [-0.39, 0.29) is 0 Å². The molecule has 0 aliphatic carbocycles. The number of halogens is 1. The van der Waals surface area contributed by atoms with Crippen LogP contribution in [0, 0.1) is 0 Å². The zero-order valence-electron chi connectivity index (χ0n) is 7.63. The van der Waals surface area contributed by atoms with Gasteiger partial charge in [0, 0.05) is 10.9 Å². The molecule has 70 valence electrons. The van der Waals surface area contributed by atoms with E-state index in [2.05, 4.69) is 22.5 Å². The van der Waals surface area contributed by atoms with Crippen LogP contribution in [0.25, 0.3) is 0 Å². The lowest BCUT2D eigenvalue weighted by molar-refractivity contribution is 0.212. The van der Waals surface area contributed by atoms with E-state index in [9.17, 15) is 5.11 Å². The molecule has 1 atom stereocenters. The van der Waals surface area contributed by atoms with E-state index in [4.69, 9.17) is 0 Å².